The summed E-state index contributed by atoms with van der Waals surface area (Å²) in [4.78, 5) is 10.0. The molecule has 2 nitrogen and oxygen atoms in total. The SMILES string of the molecule is CCCCCCC(CCCC)CO[C]=O. The second-order valence-corrected chi connectivity index (χ2v) is 4.25. The van der Waals surface area contributed by atoms with Crippen molar-refractivity contribution in [1.29, 1.82) is 0 Å². The maximum Gasteiger partial charge on any atom is 0.417 e. The van der Waals surface area contributed by atoms with Crippen LogP contribution in [0.4, 0.5) is 0 Å². The zero-order valence-electron chi connectivity index (χ0n) is 10.3. The molecular weight excluding hydrogens is 188 g/mol. The molecule has 0 aliphatic carbocycles. The molecule has 1 unspecified atom stereocenters. The van der Waals surface area contributed by atoms with Crippen molar-refractivity contribution >= 4 is 6.47 Å². The molecule has 0 rings (SSSR count). The average molecular weight is 213 g/mol. The highest BCUT2D eigenvalue weighted by Crippen LogP contribution is 2.17. The lowest BCUT2D eigenvalue weighted by atomic mass is 9.96. The molecule has 0 N–H and O–H groups in total. The maximum absolute atomic E-state index is 10.0. The van der Waals surface area contributed by atoms with Gasteiger partial charge in [0.1, 0.15) is 0 Å². The van der Waals surface area contributed by atoms with Gasteiger partial charge in [-0.05, 0) is 18.8 Å². The number of ether oxygens (including phenoxy) is 1. The summed E-state index contributed by atoms with van der Waals surface area (Å²) in [7, 11) is 0. The highest BCUT2D eigenvalue weighted by atomic mass is 16.5. The van der Waals surface area contributed by atoms with Crippen molar-refractivity contribution in [2.45, 2.75) is 65.2 Å². The van der Waals surface area contributed by atoms with Crippen LogP contribution in [0.1, 0.15) is 65.2 Å². The van der Waals surface area contributed by atoms with Gasteiger partial charge in [-0.25, -0.2) is 4.79 Å². The lowest BCUT2D eigenvalue weighted by Gasteiger charge is -2.14. The fraction of sp³-hybridized carbons (Fsp3) is 0.923. The Morgan fingerprint density at radius 3 is 2.27 bits per heavy atom. The summed E-state index contributed by atoms with van der Waals surface area (Å²) >= 11 is 0. The van der Waals surface area contributed by atoms with Gasteiger partial charge in [-0.2, -0.15) is 0 Å². The van der Waals surface area contributed by atoms with Crippen LogP contribution < -0.4 is 0 Å². The van der Waals surface area contributed by atoms with Crippen molar-refractivity contribution in [3.8, 4) is 0 Å². The summed E-state index contributed by atoms with van der Waals surface area (Å²) in [6.45, 7) is 6.51. The van der Waals surface area contributed by atoms with E-state index in [9.17, 15) is 4.79 Å². The molecule has 0 aliphatic rings. The minimum absolute atomic E-state index is 0.559. The Bertz CT molecular complexity index is 134. The summed E-state index contributed by atoms with van der Waals surface area (Å²) in [5, 5.41) is 0. The molecule has 0 aromatic heterocycles. The van der Waals surface area contributed by atoms with Gasteiger partial charge in [0.25, 0.3) is 0 Å². The predicted octanol–water partition coefficient (Wildman–Crippen LogP) is 3.85. The zero-order chi connectivity index (χ0) is 11.4. The molecule has 0 saturated heterocycles. The lowest BCUT2D eigenvalue weighted by molar-refractivity contribution is 0.203. The van der Waals surface area contributed by atoms with Crippen molar-refractivity contribution in [3.05, 3.63) is 0 Å². The molecule has 89 valence electrons. The molecule has 2 heteroatoms. The number of carbonyl (C=O) groups excluding carboxylic acids is 1. The van der Waals surface area contributed by atoms with Crippen LogP contribution in [0, 0.1) is 5.92 Å². The number of unbranched alkanes of at least 4 members (excludes halogenated alkanes) is 4. The van der Waals surface area contributed by atoms with Crippen molar-refractivity contribution < 1.29 is 9.53 Å². The molecule has 0 amide bonds. The van der Waals surface area contributed by atoms with E-state index in [0.717, 1.165) is 0 Å². The van der Waals surface area contributed by atoms with Gasteiger partial charge in [-0.3, -0.25) is 0 Å². The lowest BCUT2D eigenvalue weighted by Crippen LogP contribution is -2.09. The molecule has 0 fully saturated rings. The molecule has 0 aromatic rings. The number of hydrogen-bond donors (Lipinski definition) is 0. The van der Waals surface area contributed by atoms with Gasteiger partial charge in [0.15, 0.2) is 0 Å². The number of hydrogen-bond acceptors (Lipinski definition) is 2. The van der Waals surface area contributed by atoms with Crippen LogP contribution in [0.2, 0.25) is 0 Å². The van der Waals surface area contributed by atoms with Gasteiger partial charge in [0.2, 0.25) is 0 Å². The van der Waals surface area contributed by atoms with E-state index in [2.05, 4.69) is 13.8 Å². The van der Waals surface area contributed by atoms with Gasteiger partial charge >= 0.3 is 6.47 Å². The van der Waals surface area contributed by atoms with E-state index in [-0.39, 0.29) is 0 Å². The third kappa shape index (κ3) is 9.77. The zero-order valence-corrected chi connectivity index (χ0v) is 10.3. The molecular formula is C13H25O2. The minimum atomic E-state index is 0.559. The Balaban J connectivity index is 3.53. The van der Waals surface area contributed by atoms with Crippen LogP contribution in [-0.2, 0) is 9.53 Å². The Labute approximate surface area is 94.4 Å². The summed E-state index contributed by atoms with van der Waals surface area (Å²) in [5.41, 5.74) is 0. The average Bonchev–Trinajstić information content (AvgIpc) is 2.27. The minimum Gasteiger partial charge on any atom is -0.457 e. The van der Waals surface area contributed by atoms with E-state index in [0.29, 0.717) is 12.5 Å². The maximum atomic E-state index is 10.0. The largest absolute Gasteiger partial charge is 0.457 e. The standard InChI is InChI=1S/C13H25O2/c1-3-5-7-8-10-13(9-6-4-2)11-15-12-14/h13H,3-11H2,1-2H3. The second kappa shape index (κ2) is 11.5. The topological polar surface area (TPSA) is 26.3 Å². The Kier molecular flexibility index (Phi) is 11.1. The van der Waals surface area contributed by atoms with Gasteiger partial charge in [0.05, 0.1) is 6.61 Å². The molecule has 0 spiro atoms. The quantitative estimate of drug-likeness (QED) is 0.487. The molecule has 1 radical (unpaired) electrons. The third-order valence-electron chi connectivity index (χ3n) is 2.81. The monoisotopic (exact) mass is 213 g/mol. The second-order valence-electron chi connectivity index (χ2n) is 4.25. The Morgan fingerprint density at radius 2 is 1.67 bits per heavy atom. The fourth-order valence-electron chi connectivity index (χ4n) is 1.82. The van der Waals surface area contributed by atoms with E-state index in [1.54, 1.807) is 0 Å². The van der Waals surface area contributed by atoms with E-state index in [4.69, 9.17) is 4.74 Å². The van der Waals surface area contributed by atoms with E-state index < -0.39 is 0 Å². The van der Waals surface area contributed by atoms with Gasteiger partial charge in [-0.1, -0.05) is 52.4 Å². The first-order valence-electron chi connectivity index (χ1n) is 6.34. The Hall–Kier alpha value is -0.530. The molecule has 15 heavy (non-hydrogen) atoms. The normalized spacial score (nSPS) is 12.4. The van der Waals surface area contributed by atoms with Crippen LogP contribution in [0.3, 0.4) is 0 Å². The summed E-state index contributed by atoms with van der Waals surface area (Å²) < 4.78 is 4.74. The van der Waals surface area contributed by atoms with E-state index in [1.165, 1.54) is 57.8 Å². The summed E-state index contributed by atoms with van der Waals surface area (Å²) in [6.07, 6.45) is 10.0. The number of rotatable bonds is 11. The first kappa shape index (κ1) is 14.5. The van der Waals surface area contributed by atoms with Crippen LogP contribution in [0.5, 0.6) is 0 Å². The molecule has 0 heterocycles. The van der Waals surface area contributed by atoms with Crippen LogP contribution in [0.25, 0.3) is 0 Å². The van der Waals surface area contributed by atoms with Crippen LogP contribution in [-0.4, -0.2) is 13.1 Å². The molecule has 0 aliphatic heterocycles. The van der Waals surface area contributed by atoms with Gasteiger partial charge in [0, 0.05) is 0 Å². The van der Waals surface area contributed by atoms with Gasteiger partial charge in [-0.15, -0.1) is 0 Å². The molecule has 0 aromatic carbocycles. The van der Waals surface area contributed by atoms with Gasteiger partial charge < -0.3 is 4.74 Å². The summed E-state index contributed by atoms with van der Waals surface area (Å²) in [6, 6.07) is 0. The van der Waals surface area contributed by atoms with Crippen LogP contribution >= 0.6 is 0 Å². The fourth-order valence-corrected chi connectivity index (χ4v) is 1.82. The van der Waals surface area contributed by atoms with Crippen molar-refractivity contribution in [1.82, 2.24) is 0 Å². The first-order chi connectivity index (χ1) is 7.35. The smallest absolute Gasteiger partial charge is 0.417 e. The first-order valence-corrected chi connectivity index (χ1v) is 6.34. The summed E-state index contributed by atoms with van der Waals surface area (Å²) in [5.74, 6) is 0.559. The molecule has 1 atom stereocenters. The predicted molar refractivity (Wildman–Crippen MR) is 63.4 cm³/mol. The highest BCUT2D eigenvalue weighted by Gasteiger charge is 2.08. The van der Waals surface area contributed by atoms with Crippen molar-refractivity contribution in [2.24, 2.45) is 5.92 Å². The van der Waals surface area contributed by atoms with E-state index in [1.807, 2.05) is 0 Å². The molecule has 0 bridgehead atoms. The van der Waals surface area contributed by atoms with Crippen LogP contribution in [0.15, 0.2) is 0 Å². The Morgan fingerprint density at radius 1 is 1.00 bits per heavy atom. The van der Waals surface area contributed by atoms with E-state index >= 15 is 0 Å². The van der Waals surface area contributed by atoms with Crippen molar-refractivity contribution in [2.75, 3.05) is 6.61 Å². The highest BCUT2D eigenvalue weighted by molar-refractivity contribution is 5.38. The van der Waals surface area contributed by atoms with Crippen molar-refractivity contribution in [3.63, 3.8) is 0 Å². The molecule has 0 saturated carbocycles. The third-order valence-corrected chi connectivity index (χ3v) is 2.81.